The summed E-state index contributed by atoms with van der Waals surface area (Å²) in [6.45, 7) is 6.72. The Morgan fingerprint density at radius 3 is 1.55 bits per heavy atom. The van der Waals surface area contributed by atoms with Crippen LogP contribution in [0.15, 0.2) is 25.3 Å². The Morgan fingerprint density at radius 2 is 1.36 bits per heavy atom. The van der Waals surface area contributed by atoms with Gasteiger partial charge in [0.1, 0.15) is 21.0 Å². The van der Waals surface area contributed by atoms with Gasteiger partial charge in [-0.05, 0) is 0 Å². The third-order valence-corrected chi connectivity index (χ3v) is 3.79. The molecule has 0 aromatic carbocycles. The Bertz CT molecular complexity index is 79.4. The Hall–Kier alpha value is 0.228. The van der Waals surface area contributed by atoms with Gasteiger partial charge in [-0.3, -0.25) is 0 Å². The van der Waals surface area contributed by atoms with E-state index in [1.807, 2.05) is 0 Å². The van der Waals surface area contributed by atoms with E-state index in [-0.39, 0.29) is 0 Å². The molecule has 7 heteroatoms. The van der Waals surface area contributed by atoms with E-state index in [9.17, 15) is 0 Å². The molecule has 66 valence electrons. The highest BCUT2D eigenvalue weighted by Crippen LogP contribution is 1.63. The summed E-state index contributed by atoms with van der Waals surface area (Å²) in [5, 5.41) is 0. The zero-order valence-corrected chi connectivity index (χ0v) is 14.0. The molecule has 0 rings (SSSR count). The summed E-state index contributed by atoms with van der Waals surface area (Å²) in [5.41, 5.74) is 0. The van der Waals surface area contributed by atoms with Gasteiger partial charge < -0.3 is 12.3 Å². The molecule has 0 amide bonds. The second-order valence-corrected chi connectivity index (χ2v) is 8.21. The smallest absolute Gasteiger partial charge is 0.284 e. The van der Waals surface area contributed by atoms with E-state index in [2.05, 4.69) is 13.2 Å². The second-order valence-electron chi connectivity index (χ2n) is 1.49. The summed E-state index contributed by atoms with van der Waals surface area (Å²) in [7, 11) is 0.504. The fourth-order valence-electron chi connectivity index (χ4n) is 0.201. The van der Waals surface area contributed by atoms with E-state index in [1.165, 1.54) is 0 Å². The first-order valence-corrected chi connectivity index (χ1v) is 7.06. The van der Waals surface area contributed by atoms with Crippen molar-refractivity contribution in [3.63, 3.8) is 0 Å². The summed E-state index contributed by atoms with van der Waals surface area (Å²) in [4.78, 5) is 0. The van der Waals surface area contributed by atoms with Gasteiger partial charge in [0.05, 0.1) is 0 Å². The van der Waals surface area contributed by atoms with Crippen LogP contribution in [0.5, 0.6) is 0 Å². The normalized spacial score (nSPS) is 10.5. The van der Waals surface area contributed by atoms with Crippen LogP contribution in [-0.2, 0) is 12.3 Å². The maximum atomic E-state index is 5.03. The maximum Gasteiger partial charge on any atom is 0.284 e. The van der Waals surface area contributed by atoms with Gasteiger partial charge >= 0.3 is 0 Å². The van der Waals surface area contributed by atoms with Gasteiger partial charge in [0.25, 0.3) is 20.0 Å². The van der Waals surface area contributed by atoms with E-state index >= 15 is 0 Å². The van der Waals surface area contributed by atoms with Gasteiger partial charge in [-0.15, -0.1) is 0 Å². The van der Waals surface area contributed by atoms with Gasteiger partial charge in [0.15, 0.2) is 0 Å². The molecule has 0 bridgehead atoms. The summed E-state index contributed by atoms with van der Waals surface area (Å²) in [6, 6.07) is 0. The lowest BCUT2D eigenvalue weighted by atomic mass is 10.6. The van der Waals surface area contributed by atoms with Crippen LogP contribution in [-0.4, -0.2) is 41.0 Å². The first-order valence-electron chi connectivity index (χ1n) is 3.12. The van der Waals surface area contributed by atoms with Crippen LogP contribution in [0, 0.1) is 0 Å². The Labute approximate surface area is 79.0 Å². The topological polar surface area (TPSA) is 27.7 Å². The van der Waals surface area contributed by atoms with Crippen molar-refractivity contribution in [1.29, 1.82) is 0 Å². The van der Waals surface area contributed by atoms with Crippen molar-refractivity contribution in [3.8, 4) is 0 Å². The molecule has 0 saturated carbocycles. The molecule has 0 aliphatic heterocycles. The van der Waals surface area contributed by atoms with Crippen molar-refractivity contribution in [2.24, 2.45) is 0 Å². The van der Waals surface area contributed by atoms with Crippen molar-refractivity contribution < 1.29 is 12.3 Å². The fourth-order valence-corrected chi connectivity index (χ4v) is 4.81. The third kappa shape index (κ3) is 25.3. The molecule has 11 heavy (non-hydrogen) atoms. The first kappa shape index (κ1) is 13.8. The molecule has 0 fully saturated rings. The lowest BCUT2D eigenvalue weighted by Crippen LogP contribution is -2.08. The average Bonchev–Trinajstić information content (AvgIpc) is 2.06. The Balaban J connectivity index is 0. The van der Waals surface area contributed by atoms with Gasteiger partial charge in [-0.25, -0.2) is 0 Å². The standard InChI is InChI=1S/C4H6.H10O3Si4/c1-3-4-2;4-1-6-3-7-2-5/h3-4H,1-2H2;6-7H2,4-5H3. The molecular formula is C4H16O3Si4. The van der Waals surface area contributed by atoms with Crippen molar-refractivity contribution in [2.75, 3.05) is 0 Å². The van der Waals surface area contributed by atoms with Crippen LogP contribution in [0.3, 0.4) is 0 Å². The van der Waals surface area contributed by atoms with Crippen LogP contribution in [0.2, 0.25) is 0 Å². The molecular weight excluding hydrogens is 208 g/mol. The summed E-state index contributed by atoms with van der Waals surface area (Å²) in [6.07, 6.45) is 3.28. The molecule has 0 spiro atoms. The lowest BCUT2D eigenvalue weighted by molar-refractivity contribution is 0.443. The third-order valence-electron chi connectivity index (χ3n) is 0.569. The van der Waals surface area contributed by atoms with Crippen LogP contribution < -0.4 is 0 Å². The average molecular weight is 225 g/mol. The van der Waals surface area contributed by atoms with Crippen molar-refractivity contribution in [2.45, 2.75) is 0 Å². The van der Waals surface area contributed by atoms with Crippen LogP contribution in [0.4, 0.5) is 0 Å². The molecule has 0 aromatic heterocycles. The van der Waals surface area contributed by atoms with E-state index in [4.69, 9.17) is 12.3 Å². The zero-order chi connectivity index (χ0) is 8.95. The van der Waals surface area contributed by atoms with Crippen LogP contribution in [0.25, 0.3) is 0 Å². The number of rotatable bonds is 5. The highest BCUT2D eigenvalue weighted by molar-refractivity contribution is 6.40. The molecule has 0 heterocycles. The van der Waals surface area contributed by atoms with E-state index in [0.29, 0.717) is 0 Å². The SMILES string of the molecule is C=CC=C.[SiH3]O[SiH2]O[SiH2]O[SiH3]. The maximum absolute atomic E-state index is 5.03. The molecule has 0 aromatic rings. The van der Waals surface area contributed by atoms with Crippen molar-refractivity contribution in [1.82, 2.24) is 0 Å². The summed E-state index contributed by atoms with van der Waals surface area (Å²) in [5.74, 6) is 0. The quantitative estimate of drug-likeness (QED) is 0.282. The molecule has 0 unspecified atom stereocenters. The van der Waals surface area contributed by atoms with Gasteiger partial charge in [0, 0.05) is 0 Å². The molecule has 0 saturated heterocycles. The fraction of sp³-hybridized carbons (Fsp3) is 0. The minimum absolute atomic E-state index is 0.569. The molecule has 0 N–H and O–H groups in total. The first-order chi connectivity index (χ1) is 5.33. The highest BCUT2D eigenvalue weighted by atomic mass is 28.4. The number of hydrogen-bond acceptors (Lipinski definition) is 3. The van der Waals surface area contributed by atoms with Crippen LogP contribution in [0.1, 0.15) is 0 Å². The molecule has 0 aliphatic carbocycles. The summed E-state index contributed by atoms with van der Waals surface area (Å²) >= 11 is 0. The minimum atomic E-state index is -0.569. The Kier molecular flexibility index (Phi) is 20.9. The highest BCUT2D eigenvalue weighted by Gasteiger charge is 1.80. The monoisotopic (exact) mass is 224 g/mol. The Morgan fingerprint density at radius 1 is 1.00 bits per heavy atom. The predicted octanol–water partition coefficient (Wildman–Crippen LogP) is -3.05. The summed E-state index contributed by atoms with van der Waals surface area (Å²) < 4.78 is 14.8. The zero-order valence-electron chi connectivity index (χ0n) is 7.21. The molecule has 0 aliphatic rings. The van der Waals surface area contributed by atoms with E-state index in [0.717, 1.165) is 21.0 Å². The van der Waals surface area contributed by atoms with Crippen molar-refractivity contribution in [3.05, 3.63) is 25.3 Å². The number of allylic oxidation sites excluding steroid dienone is 2. The largest absolute Gasteiger partial charge is 0.449 e. The van der Waals surface area contributed by atoms with Gasteiger partial charge in [-0.2, -0.15) is 0 Å². The second kappa shape index (κ2) is 16.7. The minimum Gasteiger partial charge on any atom is -0.449 e. The number of hydrogen-bond donors (Lipinski definition) is 0. The van der Waals surface area contributed by atoms with Crippen molar-refractivity contribution >= 4 is 41.0 Å². The van der Waals surface area contributed by atoms with Gasteiger partial charge in [-0.1, -0.05) is 25.3 Å². The molecule has 3 nitrogen and oxygen atoms in total. The van der Waals surface area contributed by atoms with E-state index < -0.39 is 20.0 Å². The predicted molar refractivity (Wildman–Crippen MR) is 60.6 cm³/mol. The van der Waals surface area contributed by atoms with Crippen LogP contribution >= 0.6 is 0 Å². The molecule has 0 atom stereocenters. The lowest BCUT2D eigenvalue weighted by Gasteiger charge is -1.97. The molecule has 0 radical (unpaired) electrons. The van der Waals surface area contributed by atoms with E-state index in [1.54, 1.807) is 12.2 Å². The van der Waals surface area contributed by atoms with Gasteiger partial charge in [0.2, 0.25) is 0 Å².